The summed E-state index contributed by atoms with van der Waals surface area (Å²) in [6, 6.07) is 0. The number of thiocarbonyl (C=S) groups is 1. The molecule has 92 valence electrons. The summed E-state index contributed by atoms with van der Waals surface area (Å²) >= 11 is 4.82. The van der Waals surface area contributed by atoms with Crippen LogP contribution in [0.2, 0.25) is 0 Å². The summed E-state index contributed by atoms with van der Waals surface area (Å²) in [5.74, 6) is 0.720. The number of anilines is 1. The van der Waals surface area contributed by atoms with Gasteiger partial charge in [-0.25, -0.2) is 9.97 Å². The van der Waals surface area contributed by atoms with E-state index in [2.05, 4.69) is 22.2 Å². The van der Waals surface area contributed by atoms with Gasteiger partial charge in [0.2, 0.25) is 0 Å². The molecule has 0 aliphatic carbocycles. The number of aromatic nitrogens is 2. The second kappa shape index (κ2) is 4.93. The summed E-state index contributed by atoms with van der Waals surface area (Å²) in [4.78, 5) is 8.65. The highest BCUT2D eigenvalue weighted by molar-refractivity contribution is 7.80. The molecular weight excluding hydrogens is 236 g/mol. The lowest BCUT2D eigenvalue weighted by atomic mass is 9.95. The first kappa shape index (κ1) is 12.2. The van der Waals surface area contributed by atoms with Crippen molar-refractivity contribution in [2.24, 2.45) is 5.73 Å². The molecule has 1 aromatic heterocycles. The van der Waals surface area contributed by atoms with E-state index in [1.54, 1.807) is 12.4 Å². The Labute approximate surface area is 106 Å². The summed E-state index contributed by atoms with van der Waals surface area (Å²) in [7, 11) is 0. The predicted molar refractivity (Wildman–Crippen MR) is 70.0 cm³/mol. The molecule has 0 spiro atoms. The smallest absolute Gasteiger partial charge is 0.145 e. The molecule has 2 heterocycles. The Kier molecular flexibility index (Phi) is 3.54. The van der Waals surface area contributed by atoms with Crippen LogP contribution in [-0.4, -0.2) is 33.7 Å². The molecule has 1 aliphatic rings. The van der Waals surface area contributed by atoms with Crippen LogP contribution in [0.1, 0.15) is 25.5 Å². The molecule has 6 heteroatoms. The number of nitrogens with one attached hydrogen (secondary N) is 1. The molecule has 1 atom stereocenters. The molecular formula is C11H16N4OS. The Morgan fingerprint density at radius 1 is 1.53 bits per heavy atom. The molecule has 2 rings (SSSR count). The molecule has 5 nitrogen and oxygen atoms in total. The van der Waals surface area contributed by atoms with Gasteiger partial charge in [-0.2, -0.15) is 0 Å². The van der Waals surface area contributed by atoms with E-state index in [0.717, 1.165) is 25.3 Å². The lowest BCUT2D eigenvalue weighted by Crippen LogP contribution is -2.43. The van der Waals surface area contributed by atoms with Gasteiger partial charge in [-0.3, -0.25) is 0 Å². The number of hydrogen-bond acceptors (Lipinski definition) is 5. The summed E-state index contributed by atoms with van der Waals surface area (Å²) in [6.45, 7) is 3.64. The Morgan fingerprint density at radius 2 is 2.35 bits per heavy atom. The first-order valence-corrected chi connectivity index (χ1v) is 5.98. The van der Waals surface area contributed by atoms with E-state index in [-0.39, 0.29) is 10.5 Å². The van der Waals surface area contributed by atoms with Gasteiger partial charge in [0.15, 0.2) is 0 Å². The van der Waals surface area contributed by atoms with Crippen molar-refractivity contribution in [3.05, 3.63) is 18.1 Å². The number of ether oxygens (including phenoxy) is 1. The minimum Gasteiger partial charge on any atom is -0.388 e. The third kappa shape index (κ3) is 3.10. The van der Waals surface area contributed by atoms with Crippen LogP contribution in [0.4, 0.5) is 5.82 Å². The van der Waals surface area contributed by atoms with Crippen molar-refractivity contribution in [3.8, 4) is 0 Å². The first-order chi connectivity index (χ1) is 8.09. The summed E-state index contributed by atoms with van der Waals surface area (Å²) in [6.07, 6.45) is 5.35. The van der Waals surface area contributed by atoms with Crippen LogP contribution in [0.25, 0.3) is 0 Å². The van der Waals surface area contributed by atoms with E-state index < -0.39 is 0 Å². The van der Waals surface area contributed by atoms with Crippen molar-refractivity contribution in [1.29, 1.82) is 0 Å². The van der Waals surface area contributed by atoms with Gasteiger partial charge in [-0.15, -0.1) is 0 Å². The van der Waals surface area contributed by atoms with E-state index in [4.69, 9.17) is 22.7 Å². The largest absolute Gasteiger partial charge is 0.388 e. The van der Waals surface area contributed by atoms with E-state index in [1.165, 1.54) is 0 Å². The molecule has 17 heavy (non-hydrogen) atoms. The zero-order valence-corrected chi connectivity index (χ0v) is 10.6. The van der Waals surface area contributed by atoms with Crippen LogP contribution in [0, 0.1) is 0 Å². The second-order valence-corrected chi connectivity index (χ2v) is 4.93. The van der Waals surface area contributed by atoms with Crippen molar-refractivity contribution in [2.75, 3.05) is 18.5 Å². The summed E-state index contributed by atoms with van der Waals surface area (Å²) < 4.78 is 5.47. The van der Waals surface area contributed by atoms with Gasteiger partial charge in [-0.05, 0) is 19.8 Å². The second-order valence-electron chi connectivity index (χ2n) is 4.49. The van der Waals surface area contributed by atoms with E-state index >= 15 is 0 Å². The van der Waals surface area contributed by atoms with Crippen LogP contribution < -0.4 is 11.1 Å². The molecule has 0 radical (unpaired) electrons. The van der Waals surface area contributed by atoms with Crippen molar-refractivity contribution in [1.82, 2.24) is 9.97 Å². The monoisotopic (exact) mass is 252 g/mol. The molecule has 1 saturated heterocycles. The van der Waals surface area contributed by atoms with Crippen LogP contribution in [0.15, 0.2) is 12.4 Å². The average molecular weight is 252 g/mol. The molecule has 0 aromatic carbocycles. The predicted octanol–water partition coefficient (Wildman–Crippen LogP) is 1.09. The lowest BCUT2D eigenvalue weighted by molar-refractivity contribution is 0.0539. The van der Waals surface area contributed by atoms with Crippen LogP contribution in [0.5, 0.6) is 0 Å². The van der Waals surface area contributed by atoms with Crippen LogP contribution in [-0.2, 0) is 4.74 Å². The van der Waals surface area contributed by atoms with E-state index in [1.807, 2.05) is 0 Å². The van der Waals surface area contributed by atoms with Crippen molar-refractivity contribution in [2.45, 2.75) is 25.3 Å². The zero-order valence-electron chi connectivity index (χ0n) is 9.77. The normalized spacial score (nSPS) is 24.3. The molecule has 0 saturated carbocycles. The number of nitrogens with two attached hydrogens (primary N) is 1. The maximum absolute atomic E-state index is 5.47. The fraction of sp³-hybridized carbons (Fsp3) is 0.545. The fourth-order valence-corrected chi connectivity index (χ4v) is 1.97. The Hall–Kier alpha value is -1.27. The van der Waals surface area contributed by atoms with Gasteiger partial charge in [-0.1, -0.05) is 12.2 Å². The molecule has 0 bridgehead atoms. The number of nitrogens with zero attached hydrogens (tertiary/aromatic N) is 2. The number of hydrogen-bond donors (Lipinski definition) is 2. The molecule has 1 unspecified atom stereocenters. The third-order valence-corrected chi connectivity index (χ3v) is 2.98. The minimum absolute atomic E-state index is 0.0718. The van der Waals surface area contributed by atoms with Gasteiger partial charge >= 0.3 is 0 Å². The third-order valence-electron chi connectivity index (χ3n) is 2.77. The van der Waals surface area contributed by atoms with Gasteiger partial charge in [0.25, 0.3) is 0 Å². The first-order valence-electron chi connectivity index (χ1n) is 5.57. The highest BCUT2D eigenvalue weighted by Crippen LogP contribution is 2.22. The molecule has 1 aliphatic heterocycles. The van der Waals surface area contributed by atoms with Crippen LogP contribution >= 0.6 is 12.2 Å². The highest BCUT2D eigenvalue weighted by atomic mass is 32.1. The lowest BCUT2D eigenvalue weighted by Gasteiger charge is -2.34. The van der Waals surface area contributed by atoms with Gasteiger partial charge in [0, 0.05) is 6.61 Å². The van der Waals surface area contributed by atoms with Gasteiger partial charge in [0.05, 0.1) is 24.5 Å². The average Bonchev–Trinajstić information content (AvgIpc) is 2.30. The molecule has 3 N–H and O–H groups in total. The maximum Gasteiger partial charge on any atom is 0.145 e. The minimum atomic E-state index is -0.0718. The fourth-order valence-electron chi connectivity index (χ4n) is 1.86. The molecule has 1 fully saturated rings. The Bertz CT molecular complexity index is 400. The SMILES string of the molecule is CC1(Nc2cnc(C(N)=S)cn2)CCCOC1. The zero-order chi connectivity index (χ0) is 12.3. The van der Waals surface area contributed by atoms with Gasteiger partial charge < -0.3 is 15.8 Å². The van der Waals surface area contributed by atoms with Crippen molar-refractivity contribution < 1.29 is 4.74 Å². The van der Waals surface area contributed by atoms with E-state index in [0.29, 0.717) is 12.3 Å². The Balaban J connectivity index is 2.05. The maximum atomic E-state index is 5.47. The highest BCUT2D eigenvalue weighted by Gasteiger charge is 2.27. The van der Waals surface area contributed by atoms with Gasteiger partial charge in [0.1, 0.15) is 16.5 Å². The standard InChI is InChI=1S/C11H16N4OS/c1-11(3-2-4-16-7-11)15-9-6-13-8(5-14-9)10(12)17/h5-6H,2-4,7H2,1H3,(H2,12,17)(H,14,15). The van der Waals surface area contributed by atoms with Crippen molar-refractivity contribution >= 4 is 23.0 Å². The summed E-state index contributed by atoms with van der Waals surface area (Å²) in [5, 5.41) is 3.34. The quantitative estimate of drug-likeness (QED) is 0.785. The van der Waals surface area contributed by atoms with Crippen molar-refractivity contribution in [3.63, 3.8) is 0 Å². The van der Waals surface area contributed by atoms with Crippen LogP contribution in [0.3, 0.4) is 0 Å². The molecule has 1 aromatic rings. The topological polar surface area (TPSA) is 73.1 Å². The number of rotatable bonds is 3. The van der Waals surface area contributed by atoms with E-state index in [9.17, 15) is 0 Å². The summed E-state index contributed by atoms with van der Waals surface area (Å²) in [5.41, 5.74) is 5.93. The molecule has 0 amide bonds. The Morgan fingerprint density at radius 3 is 2.88 bits per heavy atom.